The molecule has 0 amide bonds. The molecule has 1 aromatic rings. The predicted molar refractivity (Wildman–Crippen MR) is 45.6 cm³/mol. The molecule has 0 saturated carbocycles. The Bertz CT molecular complexity index is 249. The van der Waals surface area contributed by atoms with E-state index < -0.39 is 0 Å². The van der Waals surface area contributed by atoms with Gasteiger partial charge in [-0.15, -0.1) is 0 Å². The first-order chi connectivity index (χ1) is 5.49. The summed E-state index contributed by atoms with van der Waals surface area (Å²) in [5, 5.41) is 10.8. The van der Waals surface area contributed by atoms with Crippen LogP contribution >= 0.6 is 0 Å². The van der Waals surface area contributed by atoms with Crippen LogP contribution in [0.1, 0.15) is 32.2 Å². The van der Waals surface area contributed by atoms with Gasteiger partial charge < -0.3 is 5.32 Å². The monoisotopic (exact) mass is 169 g/mol. The summed E-state index contributed by atoms with van der Waals surface area (Å²) in [6.45, 7) is 8.91. The van der Waals surface area contributed by atoms with Crippen LogP contribution in [0.5, 0.6) is 0 Å². The third kappa shape index (κ3) is 2.62. The van der Waals surface area contributed by atoms with Crippen molar-refractivity contribution in [2.24, 2.45) is 0 Å². The third-order valence-corrected chi connectivity index (χ3v) is 1.53. The highest BCUT2D eigenvalue weighted by Crippen LogP contribution is 2.04. The maximum absolute atomic E-state index is 4.57. The molecule has 1 aromatic heterocycles. The molecule has 0 atom stereocenters. The zero-order chi connectivity index (χ0) is 9.19. The molecular weight excluding hydrogens is 154 g/mol. The molecule has 0 radical (unpaired) electrons. The lowest BCUT2D eigenvalue weighted by molar-refractivity contribution is 0.298. The first kappa shape index (κ1) is 9.19. The second kappa shape index (κ2) is 3.23. The summed E-state index contributed by atoms with van der Waals surface area (Å²) in [6.07, 6.45) is 0. The Balaban J connectivity index is 2.49. The van der Waals surface area contributed by atoms with Crippen LogP contribution < -0.4 is 5.32 Å². The molecule has 1 N–H and O–H groups in total. The van der Waals surface area contributed by atoms with E-state index in [2.05, 4.69) is 41.0 Å². The number of nitrogens with one attached hydrogen (secondary N) is 1. The van der Waals surface area contributed by atoms with E-state index in [1.807, 2.05) is 6.92 Å². The Morgan fingerprint density at radius 2 is 2.00 bits per heavy atom. The molecule has 0 aliphatic carbocycles. The number of aromatic nitrogens is 2. The van der Waals surface area contributed by atoms with Gasteiger partial charge in [0.25, 0.3) is 0 Å². The Morgan fingerprint density at radius 3 is 2.42 bits per heavy atom. The Hall–Kier alpha value is -0.900. The van der Waals surface area contributed by atoms with E-state index in [1.54, 1.807) is 0 Å². The van der Waals surface area contributed by atoms with Crippen LogP contribution in [0.25, 0.3) is 0 Å². The van der Waals surface area contributed by atoms with Crippen molar-refractivity contribution >= 4 is 0 Å². The molecule has 0 aliphatic heterocycles. The minimum Gasteiger partial charge on any atom is -0.306 e. The quantitative estimate of drug-likeness (QED) is 0.724. The van der Waals surface area contributed by atoms with Gasteiger partial charge in [-0.3, -0.25) is 0 Å². The van der Waals surface area contributed by atoms with E-state index in [0.29, 0.717) is 6.54 Å². The van der Waals surface area contributed by atoms with Gasteiger partial charge >= 0.3 is 0 Å². The highest BCUT2D eigenvalue weighted by Gasteiger charge is 2.11. The second-order valence-electron chi connectivity index (χ2n) is 3.90. The molecule has 0 fully saturated rings. The molecule has 4 nitrogen and oxygen atoms in total. The van der Waals surface area contributed by atoms with Crippen molar-refractivity contribution in [3.8, 4) is 0 Å². The molecule has 0 aromatic carbocycles. The minimum absolute atomic E-state index is 0.103. The van der Waals surface area contributed by atoms with Crippen molar-refractivity contribution in [2.45, 2.75) is 39.8 Å². The smallest absolute Gasteiger partial charge is 0.121 e. The van der Waals surface area contributed by atoms with Crippen LogP contribution in [0, 0.1) is 6.92 Å². The lowest BCUT2D eigenvalue weighted by Crippen LogP contribution is -2.35. The molecular formula is C8H15N3O. The highest BCUT2D eigenvalue weighted by atomic mass is 16.6. The number of rotatable bonds is 2. The van der Waals surface area contributed by atoms with Gasteiger partial charge in [-0.1, -0.05) is 10.3 Å². The van der Waals surface area contributed by atoms with Crippen LogP contribution in [0.3, 0.4) is 0 Å². The summed E-state index contributed by atoms with van der Waals surface area (Å²) in [7, 11) is 0. The van der Waals surface area contributed by atoms with E-state index in [1.165, 1.54) is 0 Å². The van der Waals surface area contributed by atoms with E-state index in [0.717, 1.165) is 11.4 Å². The molecule has 0 saturated heterocycles. The second-order valence-corrected chi connectivity index (χ2v) is 3.90. The van der Waals surface area contributed by atoms with Gasteiger partial charge in [0, 0.05) is 12.1 Å². The van der Waals surface area contributed by atoms with Crippen molar-refractivity contribution in [1.29, 1.82) is 0 Å². The van der Waals surface area contributed by atoms with Gasteiger partial charge in [-0.25, -0.2) is 4.63 Å². The Labute approximate surface area is 72.3 Å². The van der Waals surface area contributed by atoms with Crippen molar-refractivity contribution in [2.75, 3.05) is 0 Å². The summed E-state index contributed by atoms with van der Waals surface area (Å²) < 4.78 is 4.57. The highest BCUT2D eigenvalue weighted by molar-refractivity contribution is 5.04. The van der Waals surface area contributed by atoms with E-state index in [9.17, 15) is 0 Å². The molecule has 4 heteroatoms. The Kier molecular flexibility index (Phi) is 2.47. The number of hydrogen-bond donors (Lipinski definition) is 1. The summed E-state index contributed by atoms with van der Waals surface area (Å²) in [5.74, 6) is 0. The van der Waals surface area contributed by atoms with Crippen LogP contribution in [0.2, 0.25) is 0 Å². The first-order valence-electron chi connectivity index (χ1n) is 4.02. The summed E-state index contributed by atoms with van der Waals surface area (Å²) >= 11 is 0. The average Bonchev–Trinajstić information content (AvgIpc) is 2.29. The summed E-state index contributed by atoms with van der Waals surface area (Å²) in [5.41, 5.74) is 1.84. The summed E-state index contributed by atoms with van der Waals surface area (Å²) in [6, 6.07) is 0. The van der Waals surface area contributed by atoms with Crippen LogP contribution in [-0.4, -0.2) is 15.9 Å². The van der Waals surface area contributed by atoms with Gasteiger partial charge in [-0.2, -0.15) is 0 Å². The number of aryl methyl sites for hydroxylation is 1. The fourth-order valence-corrected chi connectivity index (χ4v) is 0.759. The fourth-order valence-electron chi connectivity index (χ4n) is 0.759. The van der Waals surface area contributed by atoms with E-state index >= 15 is 0 Å². The van der Waals surface area contributed by atoms with Gasteiger partial charge in [0.05, 0.1) is 0 Å². The van der Waals surface area contributed by atoms with E-state index in [-0.39, 0.29) is 5.54 Å². The third-order valence-electron chi connectivity index (χ3n) is 1.53. The standard InChI is InChI=1S/C8H15N3O/c1-6-7(11-12-10-6)5-9-8(2,3)4/h9H,5H2,1-4H3. The van der Waals surface area contributed by atoms with Gasteiger partial charge in [0.15, 0.2) is 0 Å². The molecule has 1 rings (SSSR count). The number of nitrogens with zero attached hydrogens (tertiary/aromatic N) is 2. The molecule has 1 heterocycles. The van der Waals surface area contributed by atoms with Gasteiger partial charge in [0.2, 0.25) is 0 Å². The maximum atomic E-state index is 4.57. The lowest BCUT2D eigenvalue weighted by atomic mass is 10.1. The first-order valence-corrected chi connectivity index (χ1v) is 4.02. The largest absolute Gasteiger partial charge is 0.306 e. The lowest BCUT2D eigenvalue weighted by Gasteiger charge is -2.19. The molecule has 0 spiro atoms. The zero-order valence-electron chi connectivity index (χ0n) is 8.01. The molecule has 0 unspecified atom stereocenters. The molecule has 12 heavy (non-hydrogen) atoms. The fraction of sp³-hybridized carbons (Fsp3) is 0.750. The topological polar surface area (TPSA) is 51.0 Å². The molecule has 0 bridgehead atoms. The SMILES string of the molecule is Cc1nonc1CNC(C)(C)C. The normalized spacial score (nSPS) is 12.0. The molecule has 68 valence electrons. The maximum Gasteiger partial charge on any atom is 0.121 e. The number of hydrogen-bond acceptors (Lipinski definition) is 4. The zero-order valence-corrected chi connectivity index (χ0v) is 8.01. The predicted octanol–water partition coefficient (Wildman–Crippen LogP) is 1.27. The van der Waals surface area contributed by atoms with Crippen molar-refractivity contribution < 1.29 is 4.63 Å². The van der Waals surface area contributed by atoms with Crippen molar-refractivity contribution in [3.63, 3.8) is 0 Å². The summed E-state index contributed by atoms with van der Waals surface area (Å²) in [4.78, 5) is 0. The molecule has 0 aliphatic rings. The van der Waals surface area contributed by atoms with Crippen molar-refractivity contribution in [1.82, 2.24) is 15.6 Å². The Morgan fingerprint density at radius 1 is 1.33 bits per heavy atom. The van der Waals surface area contributed by atoms with Crippen LogP contribution in [0.4, 0.5) is 0 Å². The average molecular weight is 169 g/mol. The van der Waals surface area contributed by atoms with Crippen LogP contribution in [-0.2, 0) is 6.54 Å². The van der Waals surface area contributed by atoms with Gasteiger partial charge in [0.1, 0.15) is 11.4 Å². The minimum atomic E-state index is 0.103. The van der Waals surface area contributed by atoms with Gasteiger partial charge in [-0.05, 0) is 27.7 Å². The van der Waals surface area contributed by atoms with Crippen LogP contribution in [0.15, 0.2) is 4.63 Å². The van der Waals surface area contributed by atoms with E-state index in [4.69, 9.17) is 0 Å². The van der Waals surface area contributed by atoms with Crippen molar-refractivity contribution in [3.05, 3.63) is 11.4 Å².